The minimum Gasteiger partial charge on any atom is -0.342 e. The Labute approximate surface area is 161 Å². The predicted octanol–water partition coefficient (Wildman–Crippen LogP) is 3.37. The van der Waals surface area contributed by atoms with Crippen molar-refractivity contribution >= 4 is 5.91 Å². The van der Waals surface area contributed by atoms with E-state index in [9.17, 15) is 4.79 Å². The maximum Gasteiger partial charge on any atom is 0.222 e. The standard InChI is InChI=1S/C21H31N5O/c1-17-22-9-13-24(17)11-4-8-20(27)25-12-3-7-19(16-25)21-23-10-14-26(21)15-18-5-2-6-18/h9-10,13-14,18-19H,2-8,11-12,15-16H2,1H3/t19-/m1/s1. The number of rotatable bonds is 7. The summed E-state index contributed by atoms with van der Waals surface area (Å²) in [5.41, 5.74) is 0. The van der Waals surface area contributed by atoms with Crippen molar-refractivity contribution in [2.75, 3.05) is 13.1 Å². The number of aromatic nitrogens is 4. The van der Waals surface area contributed by atoms with Gasteiger partial charge in [0.15, 0.2) is 0 Å². The van der Waals surface area contributed by atoms with Crippen LogP contribution in [0.5, 0.6) is 0 Å². The number of piperidine rings is 1. The number of hydrogen-bond acceptors (Lipinski definition) is 3. The molecule has 2 aliphatic rings. The van der Waals surface area contributed by atoms with Crippen molar-refractivity contribution < 1.29 is 4.79 Å². The molecular formula is C21H31N5O. The van der Waals surface area contributed by atoms with Crippen molar-refractivity contribution in [2.45, 2.75) is 70.9 Å². The van der Waals surface area contributed by atoms with Crippen LogP contribution >= 0.6 is 0 Å². The van der Waals surface area contributed by atoms with Gasteiger partial charge in [0.1, 0.15) is 11.6 Å². The van der Waals surface area contributed by atoms with Crippen LogP contribution in [0.4, 0.5) is 0 Å². The van der Waals surface area contributed by atoms with Crippen LogP contribution in [0.3, 0.4) is 0 Å². The molecule has 1 amide bonds. The van der Waals surface area contributed by atoms with E-state index in [1.807, 2.05) is 25.5 Å². The number of imidazole rings is 2. The molecule has 0 spiro atoms. The third kappa shape index (κ3) is 4.25. The second-order valence-corrected chi connectivity index (χ2v) is 8.19. The van der Waals surface area contributed by atoms with Crippen molar-refractivity contribution in [1.29, 1.82) is 0 Å². The molecule has 6 nitrogen and oxygen atoms in total. The van der Waals surface area contributed by atoms with Gasteiger partial charge in [-0.3, -0.25) is 4.79 Å². The Bertz CT molecular complexity index is 760. The third-order valence-corrected chi connectivity index (χ3v) is 6.28. The zero-order valence-electron chi connectivity index (χ0n) is 16.4. The lowest BCUT2D eigenvalue weighted by Gasteiger charge is -2.34. The van der Waals surface area contributed by atoms with Gasteiger partial charge in [0.2, 0.25) is 5.91 Å². The van der Waals surface area contributed by atoms with Crippen LogP contribution < -0.4 is 0 Å². The fourth-order valence-corrected chi connectivity index (χ4v) is 4.40. The average Bonchev–Trinajstić information content (AvgIpc) is 3.27. The van der Waals surface area contributed by atoms with Crippen molar-refractivity contribution in [2.24, 2.45) is 5.92 Å². The molecule has 0 bridgehead atoms. The summed E-state index contributed by atoms with van der Waals surface area (Å²) in [5.74, 6) is 3.70. The van der Waals surface area contributed by atoms with Crippen LogP contribution in [0.15, 0.2) is 24.8 Å². The number of carbonyl (C=O) groups is 1. The zero-order valence-corrected chi connectivity index (χ0v) is 16.4. The highest BCUT2D eigenvalue weighted by Gasteiger charge is 2.28. The fourth-order valence-electron chi connectivity index (χ4n) is 4.40. The second kappa shape index (κ2) is 8.28. The Morgan fingerprint density at radius 3 is 2.67 bits per heavy atom. The van der Waals surface area contributed by atoms with Gasteiger partial charge in [-0.25, -0.2) is 9.97 Å². The number of amides is 1. The summed E-state index contributed by atoms with van der Waals surface area (Å²) in [6.07, 6.45) is 15.6. The maximum absolute atomic E-state index is 12.7. The first-order chi connectivity index (χ1) is 13.2. The van der Waals surface area contributed by atoms with Crippen LogP contribution in [-0.4, -0.2) is 43.0 Å². The van der Waals surface area contributed by atoms with Gasteiger partial charge in [-0.2, -0.15) is 0 Å². The lowest BCUT2D eigenvalue weighted by atomic mass is 9.85. The first-order valence-corrected chi connectivity index (χ1v) is 10.5. The number of hydrogen-bond donors (Lipinski definition) is 0. The molecule has 6 heteroatoms. The van der Waals surface area contributed by atoms with E-state index in [2.05, 4.69) is 30.2 Å². The molecule has 1 atom stereocenters. The van der Waals surface area contributed by atoms with Crippen LogP contribution in [0.1, 0.15) is 62.5 Å². The third-order valence-electron chi connectivity index (χ3n) is 6.28. The van der Waals surface area contributed by atoms with Crippen molar-refractivity contribution in [3.05, 3.63) is 36.4 Å². The SMILES string of the molecule is Cc1nccn1CCCC(=O)N1CCC[C@@H](c2nccn2CC2CCC2)C1. The van der Waals surface area contributed by atoms with Crippen LogP contribution in [0.25, 0.3) is 0 Å². The maximum atomic E-state index is 12.7. The van der Waals surface area contributed by atoms with Gasteiger partial charge < -0.3 is 14.0 Å². The quantitative estimate of drug-likeness (QED) is 0.752. The highest BCUT2D eigenvalue weighted by Crippen LogP contribution is 2.31. The number of likely N-dealkylation sites (tertiary alicyclic amines) is 1. The van der Waals surface area contributed by atoms with Crippen LogP contribution in [0.2, 0.25) is 0 Å². The molecule has 0 unspecified atom stereocenters. The van der Waals surface area contributed by atoms with E-state index in [-0.39, 0.29) is 5.91 Å². The minimum atomic E-state index is 0.287. The second-order valence-electron chi connectivity index (χ2n) is 8.19. The smallest absolute Gasteiger partial charge is 0.222 e. The van der Waals surface area contributed by atoms with E-state index in [4.69, 9.17) is 0 Å². The molecule has 0 N–H and O–H groups in total. The number of nitrogens with zero attached hydrogens (tertiary/aromatic N) is 5. The number of aryl methyl sites for hydroxylation is 2. The summed E-state index contributed by atoms with van der Waals surface area (Å²) < 4.78 is 4.47. The lowest BCUT2D eigenvalue weighted by molar-refractivity contribution is -0.132. The summed E-state index contributed by atoms with van der Waals surface area (Å²) >= 11 is 0. The van der Waals surface area contributed by atoms with Gasteiger partial charge in [0, 0.05) is 63.3 Å². The summed E-state index contributed by atoms with van der Waals surface area (Å²) in [7, 11) is 0. The first kappa shape index (κ1) is 18.3. The van der Waals surface area contributed by atoms with E-state index in [0.717, 1.165) is 57.2 Å². The van der Waals surface area contributed by atoms with Gasteiger partial charge in [0.25, 0.3) is 0 Å². The molecule has 4 rings (SSSR count). The molecule has 27 heavy (non-hydrogen) atoms. The monoisotopic (exact) mass is 369 g/mol. The molecule has 0 aromatic carbocycles. The molecule has 3 heterocycles. The highest BCUT2D eigenvalue weighted by atomic mass is 16.2. The molecule has 1 aliphatic carbocycles. The van der Waals surface area contributed by atoms with Crippen molar-refractivity contribution in [3.8, 4) is 0 Å². The van der Waals surface area contributed by atoms with Gasteiger partial charge in [0.05, 0.1) is 0 Å². The summed E-state index contributed by atoms with van der Waals surface area (Å²) in [4.78, 5) is 23.7. The lowest BCUT2D eigenvalue weighted by Crippen LogP contribution is -2.40. The molecular weight excluding hydrogens is 338 g/mol. The molecule has 2 fully saturated rings. The molecule has 0 radical (unpaired) electrons. The average molecular weight is 370 g/mol. The Kier molecular flexibility index (Phi) is 5.60. The highest BCUT2D eigenvalue weighted by molar-refractivity contribution is 5.76. The van der Waals surface area contributed by atoms with Gasteiger partial charge >= 0.3 is 0 Å². The topological polar surface area (TPSA) is 56.0 Å². The fraction of sp³-hybridized carbons (Fsp3) is 0.667. The molecule has 1 saturated carbocycles. The van der Waals surface area contributed by atoms with Crippen LogP contribution in [0, 0.1) is 12.8 Å². The van der Waals surface area contributed by atoms with Gasteiger partial charge in [-0.1, -0.05) is 6.42 Å². The Morgan fingerprint density at radius 1 is 1.11 bits per heavy atom. The van der Waals surface area contributed by atoms with E-state index in [0.29, 0.717) is 12.3 Å². The summed E-state index contributed by atoms with van der Waals surface area (Å²) in [5, 5.41) is 0. The summed E-state index contributed by atoms with van der Waals surface area (Å²) in [6, 6.07) is 0. The molecule has 146 valence electrons. The van der Waals surface area contributed by atoms with Crippen molar-refractivity contribution in [1.82, 2.24) is 24.0 Å². The minimum absolute atomic E-state index is 0.287. The van der Waals surface area contributed by atoms with Crippen molar-refractivity contribution in [3.63, 3.8) is 0 Å². The molecule has 1 saturated heterocycles. The van der Waals surface area contributed by atoms with E-state index >= 15 is 0 Å². The number of carbonyl (C=O) groups excluding carboxylic acids is 1. The Hall–Kier alpha value is -2.11. The Balaban J connectivity index is 1.30. The predicted molar refractivity (Wildman–Crippen MR) is 104 cm³/mol. The molecule has 2 aromatic rings. The van der Waals surface area contributed by atoms with E-state index in [1.54, 1.807) is 0 Å². The molecule has 2 aromatic heterocycles. The summed E-state index contributed by atoms with van der Waals surface area (Å²) in [6.45, 7) is 5.68. The van der Waals surface area contributed by atoms with Crippen LogP contribution in [-0.2, 0) is 17.9 Å². The normalized spacial score (nSPS) is 20.6. The largest absolute Gasteiger partial charge is 0.342 e. The Morgan fingerprint density at radius 2 is 1.93 bits per heavy atom. The van der Waals surface area contributed by atoms with Gasteiger partial charge in [-0.05, 0) is 44.9 Å². The zero-order chi connectivity index (χ0) is 18.6. The van der Waals surface area contributed by atoms with Gasteiger partial charge in [-0.15, -0.1) is 0 Å². The molecule has 1 aliphatic heterocycles. The first-order valence-electron chi connectivity index (χ1n) is 10.5. The van der Waals surface area contributed by atoms with E-state index in [1.165, 1.54) is 25.1 Å². The van der Waals surface area contributed by atoms with E-state index < -0.39 is 0 Å².